The molecule has 128 valence electrons. The number of ether oxygens (including phenoxy) is 1. The van der Waals surface area contributed by atoms with Gasteiger partial charge in [-0.05, 0) is 70.6 Å². The summed E-state index contributed by atoms with van der Waals surface area (Å²) in [7, 11) is 0. The predicted octanol–water partition coefficient (Wildman–Crippen LogP) is 4.20. The van der Waals surface area contributed by atoms with Gasteiger partial charge in [0.1, 0.15) is 12.4 Å². The molecule has 7 heteroatoms. The zero-order valence-corrected chi connectivity index (χ0v) is 16.8. The second-order valence-electron chi connectivity index (χ2n) is 4.72. The van der Waals surface area contributed by atoms with E-state index in [-0.39, 0.29) is 18.3 Å². The number of nitrogens with one attached hydrogen (secondary N) is 1. The smallest absolute Gasteiger partial charge is 0.250 e. The predicted molar refractivity (Wildman–Crippen MR) is 111 cm³/mol. The Hall–Kier alpha value is -1.69. The van der Waals surface area contributed by atoms with E-state index in [0.717, 1.165) is 19.8 Å². The van der Waals surface area contributed by atoms with E-state index < -0.39 is 0 Å². The maximum absolute atomic E-state index is 11.8. The summed E-state index contributed by atoms with van der Waals surface area (Å²) < 4.78 is 6.31. The molecular formula is C18H14ClIN2O2S. The molecule has 2 rings (SSSR count). The summed E-state index contributed by atoms with van der Waals surface area (Å²) in [5, 5.41) is 4.64. The molecule has 1 amide bonds. The molecule has 0 fully saturated rings. The standard InChI is InChI=1S/C18H14ClIN2O2S/c1-2-9-24-17-8-3-13(10-16(17)20)11-21-22-18(23)12-25-15-6-4-14(19)5-7-15/h1,3-8,10-11H,9,12H2,(H,22,23)/b21-11-. The van der Waals surface area contributed by atoms with Crippen molar-refractivity contribution in [1.29, 1.82) is 0 Å². The van der Waals surface area contributed by atoms with Gasteiger partial charge in [0.2, 0.25) is 5.91 Å². The molecule has 0 saturated carbocycles. The third-order valence-corrected chi connectivity index (χ3v) is 4.96. The van der Waals surface area contributed by atoms with Gasteiger partial charge in [-0.1, -0.05) is 17.5 Å². The molecule has 0 aliphatic rings. The van der Waals surface area contributed by atoms with Crippen LogP contribution < -0.4 is 10.2 Å². The number of halogens is 2. The van der Waals surface area contributed by atoms with Gasteiger partial charge >= 0.3 is 0 Å². The minimum atomic E-state index is -0.181. The van der Waals surface area contributed by atoms with Crippen LogP contribution in [-0.2, 0) is 4.79 Å². The Labute approximate surface area is 169 Å². The van der Waals surface area contributed by atoms with Crippen molar-refractivity contribution in [2.24, 2.45) is 5.10 Å². The van der Waals surface area contributed by atoms with Crippen molar-refractivity contribution in [3.8, 4) is 18.1 Å². The van der Waals surface area contributed by atoms with Crippen molar-refractivity contribution in [2.45, 2.75) is 4.90 Å². The van der Waals surface area contributed by atoms with Crippen LogP contribution in [-0.4, -0.2) is 24.5 Å². The molecule has 0 spiro atoms. The largest absolute Gasteiger partial charge is 0.480 e. The summed E-state index contributed by atoms with van der Waals surface area (Å²) in [5.74, 6) is 3.24. The highest BCUT2D eigenvalue weighted by Gasteiger charge is 2.03. The third-order valence-electron chi connectivity index (χ3n) is 2.85. The number of terminal acetylenes is 1. The monoisotopic (exact) mass is 484 g/mol. The second-order valence-corrected chi connectivity index (χ2v) is 7.37. The van der Waals surface area contributed by atoms with Crippen LogP contribution in [0.5, 0.6) is 5.75 Å². The molecule has 0 aromatic heterocycles. The van der Waals surface area contributed by atoms with Crippen molar-refractivity contribution in [3.05, 3.63) is 56.6 Å². The maximum Gasteiger partial charge on any atom is 0.250 e. The first-order chi connectivity index (χ1) is 12.1. The Morgan fingerprint density at radius 3 is 2.80 bits per heavy atom. The second kappa shape index (κ2) is 10.3. The van der Waals surface area contributed by atoms with Gasteiger partial charge in [-0.25, -0.2) is 5.43 Å². The minimum absolute atomic E-state index is 0.181. The van der Waals surface area contributed by atoms with Gasteiger partial charge in [0.25, 0.3) is 0 Å². The van der Waals surface area contributed by atoms with Crippen molar-refractivity contribution in [1.82, 2.24) is 5.43 Å². The summed E-state index contributed by atoms with van der Waals surface area (Å²) in [6.45, 7) is 0.227. The Balaban J connectivity index is 1.81. The molecule has 0 saturated heterocycles. The normalized spacial score (nSPS) is 10.4. The zero-order chi connectivity index (χ0) is 18.1. The van der Waals surface area contributed by atoms with Gasteiger partial charge in [0.15, 0.2) is 0 Å². The van der Waals surface area contributed by atoms with Crippen molar-refractivity contribution < 1.29 is 9.53 Å². The number of amides is 1. The lowest BCUT2D eigenvalue weighted by Crippen LogP contribution is -2.19. The van der Waals surface area contributed by atoms with E-state index in [1.54, 1.807) is 18.3 Å². The van der Waals surface area contributed by atoms with Gasteiger partial charge in [-0.2, -0.15) is 5.10 Å². The van der Waals surface area contributed by atoms with Crippen LogP contribution in [0, 0.1) is 15.9 Å². The SMILES string of the molecule is C#CCOc1ccc(/C=N\NC(=O)CSc2ccc(Cl)cc2)cc1I. The maximum atomic E-state index is 11.8. The van der Waals surface area contributed by atoms with Gasteiger partial charge < -0.3 is 4.74 Å². The third kappa shape index (κ3) is 6.98. The Morgan fingerprint density at radius 1 is 1.36 bits per heavy atom. The molecule has 0 atom stereocenters. The summed E-state index contributed by atoms with van der Waals surface area (Å²) in [6, 6.07) is 12.9. The number of hydrogen-bond donors (Lipinski definition) is 1. The van der Waals surface area contributed by atoms with Crippen molar-refractivity contribution >= 4 is 58.1 Å². The molecule has 1 N–H and O–H groups in total. The summed E-state index contributed by atoms with van der Waals surface area (Å²) in [5.41, 5.74) is 3.35. The number of benzene rings is 2. The number of hydrogen-bond acceptors (Lipinski definition) is 4. The van der Waals surface area contributed by atoms with Crippen molar-refractivity contribution in [3.63, 3.8) is 0 Å². The van der Waals surface area contributed by atoms with Gasteiger partial charge in [-0.15, -0.1) is 18.2 Å². The molecule has 0 aliphatic carbocycles. The first-order valence-corrected chi connectivity index (χ1v) is 9.59. The quantitative estimate of drug-likeness (QED) is 0.211. The van der Waals surface area contributed by atoms with Crippen LogP contribution in [0.25, 0.3) is 0 Å². The molecule has 2 aromatic rings. The molecule has 0 radical (unpaired) electrons. The zero-order valence-electron chi connectivity index (χ0n) is 13.0. The van der Waals surface area contributed by atoms with E-state index in [4.69, 9.17) is 22.8 Å². The highest BCUT2D eigenvalue weighted by Crippen LogP contribution is 2.21. The molecule has 0 bridgehead atoms. The number of nitrogens with zero attached hydrogens (tertiary/aromatic N) is 1. The number of thioether (sulfide) groups is 1. The molecule has 0 heterocycles. The highest BCUT2D eigenvalue weighted by atomic mass is 127. The molecule has 0 unspecified atom stereocenters. The number of carbonyl (C=O) groups excluding carboxylic acids is 1. The van der Waals surface area contributed by atoms with Gasteiger partial charge in [0.05, 0.1) is 15.5 Å². The Bertz CT molecular complexity index is 804. The lowest BCUT2D eigenvalue weighted by Gasteiger charge is -2.05. The molecule has 0 aliphatic heterocycles. The number of carbonyl (C=O) groups is 1. The van der Waals surface area contributed by atoms with Crippen LogP contribution in [0.1, 0.15) is 5.56 Å². The molecule has 25 heavy (non-hydrogen) atoms. The van der Waals surface area contributed by atoms with E-state index in [1.165, 1.54) is 11.8 Å². The van der Waals surface area contributed by atoms with Crippen LogP contribution >= 0.6 is 46.0 Å². The fraction of sp³-hybridized carbons (Fsp3) is 0.111. The molecule has 4 nitrogen and oxygen atoms in total. The van der Waals surface area contributed by atoms with Crippen LogP contribution in [0.2, 0.25) is 5.02 Å². The fourth-order valence-corrected chi connectivity index (χ4v) is 3.24. The van der Waals surface area contributed by atoms with E-state index >= 15 is 0 Å². The van der Waals surface area contributed by atoms with E-state index in [1.807, 2.05) is 30.3 Å². The van der Waals surface area contributed by atoms with E-state index in [9.17, 15) is 4.79 Å². The van der Waals surface area contributed by atoms with E-state index in [2.05, 4.69) is 39.0 Å². The van der Waals surface area contributed by atoms with Crippen LogP contribution in [0.3, 0.4) is 0 Å². The Morgan fingerprint density at radius 2 is 2.12 bits per heavy atom. The highest BCUT2D eigenvalue weighted by molar-refractivity contribution is 14.1. The molecule has 2 aromatic carbocycles. The van der Waals surface area contributed by atoms with Gasteiger partial charge in [-0.3, -0.25) is 4.79 Å². The summed E-state index contributed by atoms with van der Waals surface area (Å²) in [6.07, 6.45) is 6.75. The summed E-state index contributed by atoms with van der Waals surface area (Å²) >= 11 is 9.40. The van der Waals surface area contributed by atoms with Gasteiger partial charge in [0, 0.05) is 9.92 Å². The first-order valence-electron chi connectivity index (χ1n) is 7.14. The number of rotatable bonds is 7. The lowest BCUT2D eigenvalue weighted by atomic mass is 10.2. The minimum Gasteiger partial charge on any atom is -0.480 e. The lowest BCUT2D eigenvalue weighted by molar-refractivity contribution is -0.118. The topological polar surface area (TPSA) is 50.7 Å². The fourth-order valence-electron chi connectivity index (χ4n) is 1.72. The van der Waals surface area contributed by atoms with E-state index in [0.29, 0.717) is 5.02 Å². The summed E-state index contributed by atoms with van der Waals surface area (Å²) in [4.78, 5) is 12.8. The first kappa shape index (κ1) is 19.6. The van der Waals surface area contributed by atoms with Crippen LogP contribution in [0.4, 0.5) is 0 Å². The average Bonchev–Trinajstić information content (AvgIpc) is 2.60. The number of hydrazone groups is 1. The molecular weight excluding hydrogens is 471 g/mol. The van der Waals surface area contributed by atoms with Crippen LogP contribution in [0.15, 0.2) is 52.5 Å². The Kier molecular flexibility index (Phi) is 8.12. The average molecular weight is 485 g/mol. The van der Waals surface area contributed by atoms with Crippen molar-refractivity contribution in [2.75, 3.05) is 12.4 Å².